The van der Waals surface area contributed by atoms with Gasteiger partial charge in [0.25, 0.3) is 5.91 Å². The molecule has 2 amide bonds. The van der Waals surface area contributed by atoms with Crippen molar-refractivity contribution in [2.24, 2.45) is 10.9 Å². The van der Waals surface area contributed by atoms with Crippen molar-refractivity contribution < 1.29 is 14.0 Å². The van der Waals surface area contributed by atoms with E-state index in [1.54, 1.807) is 18.5 Å². The van der Waals surface area contributed by atoms with Crippen LogP contribution in [0.1, 0.15) is 33.9 Å². The van der Waals surface area contributed by atoms with Gasteiger partial charge in [-0.1, -0.05) is 60.7 Å². The Morgan fingerprint density at radius 3 is 2.19 bits per heavy atom. The highest BCUT2D eigenvalue weighted by atomic mass is 19.1. The van der Waals surface area contributed by atoms with Gasteiger partial charge in [-0.2, -0.15) is 0 Å². The molecule has 0 radical (unpaired) electrons. The first-order valence-electron chi connectivity index (χ1n) is 13.6. The number of carbonyl (C=O) groups excluding carboxylic acids is 2. The minimum absolute atomic E-state index is 0.0775. The summed E-state index contributed by atoms with van der Waals surface area (Å²) in [5.41, 5.74) is 5.43. The van der Waals surface area contributed by atoms with Crippen molar-refractivity contribution in [3.63, 3.8) is 0 Å². The van der Waals surface area contributed by atoms with Crippen LogP contribution in [0, 0.1) is 12.8 Å². The molecule has 208 valence electrons. The fraction of sp³-hybridized carbons (Fsp3) is 0.152. The Bertz CT molecular complexity index is 1800. The van der Waals surface area contributed by atoms with E-state index in [-0.39, 0.29) is 24.1 Å². The van der Waals surface area contributed by atoms with Crippen molar-refractivity contribution in [3.8, 4) is 11.1 Å². The quantitative estimate of drug-likeness (QED) is 0.245. The molecule has 42 heavy (non-hydrogen) atoms. The van der Waals surface area contributed by atoms with Gasteiger partial charge in [-0.25, -0.2) is 24.3 Å². The van der Waals surface area contributed by atoms with Crippen molar-refractivity contribution >= 4 is 39.8 Å². The fourth-order valence-corrected chi connectivity index (χ4v) is 4.79. The van der Waals surface area contributed by atoms with Gasteiger partial charge >= 0.3 is 0 Å². The molecule has 3 aromatic carbocycles. The van der Waals surface area contributed by atoms with Crippen LogP contribution in [-0.4, -0.2) is 45.7 Å². The number of anilines is 1. The number of nitrogens with zero attached hydrogens (tertiary/aromatic N) is 4. The maximum absolute atomic E-state index is 13.5. The van der Waals surface area contributed by atoms with Gasteiger partial charge in [-0.15, -0.1) is 0 Å². The summed E-state index contributed by atoms with van der Waals surface area (Å²) < 4.78 is 13.5. The second kappa shape index (κ2) is 11.3. The van der Waals surface area contributed by atoms with E-state index in [1.807, 2.05) is 79.7 Å². The highest BCUT2D eigenvalue weighted by Gasteiger charge is 2.43. The van der Waals surface area contributed by atoms with Gasteiger partial charge in [-0.3, -0.25) is 9.59 Å². The summed E-state index contributed by atoms with van der Waals surface area (Å²) in [4.78, 5) is 42.9. The minimum atomic E-state index is -1.10. The number of pyridine rings is 1. The Labute approximate surface area is 241 Å². The predicted molar refractivity (Wildman–Crippen MR) is 161 cm³/mol. The van der Waals surface area contributed by atoms with E-state index in [0.29, 0.717) is 17.2 Å². The number of aromatic nitrogens is 3. The third kappa shape index (κ3) is 5.49. The molecule has 2 aromatic heterocycles. The molecule has 5 aromatic rings. The van der Waals surface area contributed by atoms with Crippen LogP contribution in [0.5, 0.6) is 0 Å². The number of nitrogens with one attached hydrogen (secondary N) is 2. The SMILES string of the molecule is CNC(=O)c1ncc(-c2cc(N=C(c3ccccc3)c3ccccc3)c3cnc(NC(=O)C4CC4F)cc3c2)c(C)n1. The van der Waals surface area contributed by atoms with E-state index in [9.17, 15) is 14.0 Å². The van der Waals surface area contributed by atoms with Gasteiger partial charge in [0.1, 0.15) is 12.0 Å². The number of fused-ring (bicyclic) bond motifs is 1. The summed E-state index contributed by atoms with van der Waals surface area (Å²) in [6, 6.07) is 25.5. The maximum Gasteiger partial charge on any atom is 0.288 e. The summed E-state index contributed by atoms with van der Waals surface area (Å²) in [5, 5.41) is 6.81. The van der Waals surface area contributed by atoms with Crippen LogP contribution < -0.4 is 10.6 Å². The number of aryl methyl sites for hydroxylation is 1. The highest BCUT2D eigenvalue weighted by Crippen LogP contribution is 2.37. The third-order valence-corrected chi connectivity index (χ3v) is 7.16. The number of carbonyl (C=O) groups is 2. The molecule has 8 nitrogen and oxygen atoms in total. The number of benzene rings is 3. The Hall–Kier alpha value is -5.31. The molecule has 9 heteroatoms. The molecule has 1 fully saturated rings. The van der Waals surface area contributed by atoms with Crippen LogP contribution in [0.4, 0.5) is 15.9 Å². The van der Waals surface area contributed by atoms with Crippen LogP contribution in [0.2, 0.25) is 0 Å². The molecule has 1 saturated carbocycles. The van der Waals surface area contributed by atoms with Gasteiger partial charge < -0.3 is 10.6 Å². The first kappa shape index (κ1) is 26.9. The number of aliphatic imine (C=N–C) groups is 1. The van der Waals surface area contributed by atoms with Crippen molar-refractivity contribution in [3.05, 3.63) is 114 Å². The molecule has 1 aliphatic carbocycles. The summed E-state index contributed by atoms with van der Waals surface area (Å²) >= 11 is 0. The predicted octanol–water partition coefficient (Wildman–Crippen LogP) is 5.83. The zero-order chi connectivity index (χ0) is 29.2. The second-order valence-electron chi connectivity index (χ2n) is 10.1. The van der Waals surface area contributed by atoms with Gasteiger partial charge in [0, 0.05) is 47.2 Å². The Kier molecular flexibility index (Phi) is 7.23. The van der Waals surface area contributed by atoms with E-state index in [4.69, 9.17) is 4.99 Å². The Balaban J connectivity index is 1.53. The molecular formula is C33H27FN6O2. The number of hydrogen-bond acceptors (Lipinski definition) is 6. The lowest BCUT2D eigenvalue weighted by atomic mass is 9.99. The molecule has 2 unspecified atom stereocenters. The average Bonchev–Trinajstić information content (AvgIpc) is 3.76. The van der Waals surface area contributed by atoms with Crippen molar-refractivity contribution in [2.75, 3.05) is 12.4 Å². The molecule has 2 atom stereocenters. The van der Waals surface area contributed by atoms with E-state index in [2.05, 4.69) is 25.6 Å². The van der Waals surface area contributed by atoms with Crippen molar-refractivity contribution in [1.29, 1.82) is 0 Å². The van der Waals surface area contributed by atoms with Crippen LogP contribution >= 0.6 is 0 Å². The number of alkyl halides is 1. The van der Waals surface area contributed by atoms with Crippen LogP contribution in [0.15, 0.2) is 96.2 Å². The van der Waals surface area contributed by atoms with Crippen molar-refractivity contribution in [1.82, 2.24) is 20.3 Å². The monoisotopic (exact) mass is 558 g/mol. The smallest absolute Gasteiger partial charge is 0.288 e. The topological polar surface area (TPSA) is 109 Å². The molecule has 1 aliphatic rings. The fourth-order valence-electron chi connectivity index (χ4n) is 4.79. The summed E-state index contributed by atoms with van der Waals surface area (Å²) in [7, 11) is 1.53. The minimum Gasteiger partial charge on any atom is -0.352 e. The highest BCUT2D eigenvalue weighted by molar-refractivity contribution is 6.15. The van der Waals surface area contributed by atoms with Gasteiger partial charge in [0.05, 0.1) is 17.3 Å². The van der Waals surface area contributed by atoms with E-state index >= 15 is 0 Å². The molecular weight excluding hydrogens is 531 g/mol. The molecule has 0 spiro atoms. The third-order valence-electron chi connectivity index (χ3n) is 7.16. The van der Waals surface area contributed by atoms with Gasteiger partial charge in [0.15, 0.2) is 0 Å². The number of hydrogen-bond donors (Lipinski definition) is 2. The normalized spacial score (nSPS) is 15.6. The standard InChI is InChI=1S/C33H27FN6O2/c1-19-25(17-37-31(38-19)33(42)35-2)22-13-23-15-29(40-32(41)24-16-27(24)34)36-18-26(23)28(14-22)39-30(20-9-5-3-6-10-20)21-11-7-4-8-12-21/h3-15,17-18,24,27H,16H2,1-2H3,(H,35,42)(H,36,40,41). The molecule has 2 heterocycles. The summed E-state index contributed by atoms with van der Waals surface area (Å²) in [5.74, 6) is -0.983. The van der Waals surface area contributed by atoms with E-state index in [1.165, 1.54) is 7.05 Å². The number of halogens is 1. The molecule has 6 rings (SSSR count). The lowest BCUT2D eigenvalue weighted by molar-refractivity contribution is -0.117. The van der Waals surface area contributed by atoms with Gasteiger partial charge in [0.2, 0.25) is 11.7 Å². The van der Waals surface area contributed by atoms with Crippen LogP contribution in [0.3, 0.4) is 0 Å². The molecule has 0 bridgehead atoms. The largest absolute Gasteiger partial charge is 0.352 e. The maximum atomic E-state index is 13.5. The number of rotatable bonds is 7. The molecule has 0 saturated heterocycles. The first-order chi connectivity index (χ1) is 20.4. The number of amides is 2. The summed E-state index contributed by atoms with van der Waals surface area (Å²) in [6.45, 7) is 1.82. The van der Waals surface area contributed by atoms with Crippen LogP contribution in [-0.2, 0) is 4.79 Å². The Morgan fingerprint density at radius 1 is 0.929 bits per heavy atom. The molecule has 2 N–H and O–H groups in total. The van der Waals surface area contributed by atoms with E-state index < -0.39 is 12.1 Å². The van der Waals surface area contributed by atoms with Gasteiger partial charge in [-0.05, 0) is 42.5 Å². The zero-order valence-corrected chi connectivity index (χ0v) is 23.0. The lowest BCUT2D eigenvalue weighted by Crippen LogP contribution is -2.21. The second-order valence-corrected chi connectivity index (χ2v) is 10.1. The zero-order valence-electron chi connectivity index (χ0n) is 23.0. The average molecular weight is 559 g/mol. The Morgan fingerprint density at radius 2 is 1.60 bits per heavy atom. The van der Waals surface area contributed by atoms with Crippen LogP contribution in [0.25, 0.3) is 21.9 Å². The first-order valence-corrected chi connectivity index (χ1v) is 13.6. The molecule has 0 aliphatic heterocycles. The van der Waals surface area contributed by atoms with Crippen molar-refractivity contribution in [2.45, 2.75) is 19.5 Å². The van der Waals surface area contributed by atoms with E-state index in [0.717, 1.165) is 38.7 Å². The lowest BCUT2D eigenvalue weighted by Gasteiger charge is -2.13. The summed E-state index contributed by atoms with van der Waals surface area (Å²) in [6.07, 6.45) is 2.41.